The van der Waals surface area contributed by atoms with Crippen molar-refractivity contribution >= 4 is 11.7 Å². The predicted molar refractivity (Wildman–Crippen MR) is 75.4 cm³/mol. The molecule has 1 amide bonds. The Labute approximate surface area is 117 Å². The fourth-order valence-electron chi connectivity index (χ4n) is 1.95. The average molecular weight is 276 g/mol. The Morgan fingerprint density at radius 3 is 3.00 bits per heavy atom. The highest BCUT2D eigenvalue weighted by Gasteiger charge is 2.17. The lowest BCUT2D eigenvalue weighted by molar-refractivity contribution is 0.0925. The van der Waals surface area contributed by atoms with Gasteiger partial charge in [-0.05, 0) is 19.4 Å². The number of fused-ring (bicyclic) bond motifs is 1. The van der Waals surface area contributed by atoms with Crippen LogP contribution < -0.4 is 11.1 Å². The standard InChI is InChI=1S/C13H20N6O/c1-3-4-5-10(8-14)16-12(20)11-17-13-15-7-6-9(2)19(13)18-11/h6-7,10H,3-5,8,14H2,1-2H3,(H,16,20). The largest absolute Gasteiger partial charge is 0.345 e. The van der Waals surface area contributed by atoms with Gasteiger partial charge in [-0.2, -0.15) is 4.98 Å². The molecule has 0 radical (unpaired) electrons. The quantitative estimate of drug-likeness (QED) is 0.808. The van der Waals surface area contributed by atoms with Gasteiger partial charge in [-0.25, -0.2) is 9.50 Å². The molecule has 7 heteroatoms. The number of unbranched alkanes of at least 4 members (excludes halogenated alkanes) is 1. The molecule has 0 aromatic carbocycles. The van der Waals surface area contributed by atoms with Crippen LogP contribution in [0, 0.1) is 6.92 Å². The maximum Gasteiger partial charge on any atom is 0.291 e. The zero-order chi connectivity index (χ0) is 14.5. The van der Waals surface area contributed by atoms with Crippen LogP contribution in [0.15, 0.2) is 12.3 Å². The molecule has 2 heterocycles. The highest BCUT2D eigenvalue weighted by Crippen LogP contribution is 2.04. The number of carbonyl (C=O) groups excluding carboxylic acids is 1. The van der Waals surface area contributed by atoms with Crippen LogP contribution in [0.3, 0.4) is 0 Å². The first-order valence-corrected chi connectivity index (χ1v) is 6.85. The van der Waals surface area contributed by atoms with Crippen molar-refractivity contribution in [3.8, 4) is 0 Å². The Kier molecular flexibility index (Phi) is 4.62. The van der Waals surface area contributed by atoms with Gasteiger partial charge in [0.15, 0.2) is 0 Å². The van der Waals surface area contributed by atoms with Gasteiger partial charge < -0.3 is 11.1 Å². The number of nitrogens with zero attached hydrogens (tertiary/aromatic N) is 4. The molecule has 7 nitrogen and oxygen atoms in total. The minimum atomic E-state index is -0.304. The van der Waals surface area contributed by atoms with Crippen LogP contribution in [0.4, 0.5) is 0 Å². The first-order chi connectivity index (χ1) is 9.65. The van der Waals surface area contributed by atoms with Gasteiger partial charge in [0.25, 0.3) is 11.7 Å². The van der Waals surface area contributed by atoms with Crippen LogP contribution in [-0.2, 0) is 0 Å². The Balaban J connectivity index is 2.12. The molecule has 0 aliphatic rings. The van der Waals surface area contributed by atoms with Crippen molar-refractivity contribution in [1.29, 1.82) is 0 Å². The van der Waals surface area contributed by atoms with Crippen molar-refractivity contribution in [2.24, 2.45) is 5.73 Å². The van der Waals surface area contributed by atoms with Gasteiger partial charge in [-0.1, -0.05) is 19.8 Å². The molecule has 1 unspecified atom stereocenters. The van der Waals surface area contributed by atoms with Crippen molar-refractivity contribution in [3.63, 3.8) is 0 Å². The Morgan fingerprint density at radius 1 is 1.55 bits per heavy atom. The van der Waals surface area contributed by atoms with Crippen LogP contribution in [0.2, 0.25) is 0 Å². The molecule has 0 saturated carbocycles. The van der Waals surface area contributed by atoms with E-state index in [0.29, 0.717) is 12.3 Å². The summed E-state index contributed by atoms with van der Waals surface area (Å²) in [6.45, 7) is 4.40. The number of hydrogen-bond donors (Lipinski definition) is 2. The molecule has 0 bridgehead atoms. The van der Waals surface area contributed by atoms with Crippen molar-refractivity contribution in [3.05, 3.63) is 23.8 Å². The van der Waals surface area contributed by atoms with E-state index in [4.69, 9.17) is 5.73 Å². The number of nitrogens with one attached hydrogen (secondary N) is 1. The number of hydrogen-bond acceptors (Lipinski definition) is 5. The maximum atomic E-state index is 12.1. The van der Waals surface area contributed by atoms with E-state index in [1.165, 1.54) is 0 Å². The van der Waals surface area contributed by atoms with Gasteiger partial charge in [0, 0.05) is 24.5 Å². The smallest absolute Gasteiger partial charge is 0.291 e. The Morgan fingerprint density at radius 2 is 2.35 bits per heavy atom. The number of nitrogens with two attached hydrogens (primary N) is 1. The zero-order valence-corrected chi connectivity index (χ0v) is 11.8. The summed E-state index contributed by atoms with van der Waals surface area (Å²) in [6.07, 6.45) is 4.61. The van der Waals surface area contributed by atoms with E-state index in [1.807, 2.05) is 13.0 Å². The van der Waals surface area contributed by atoms with E-state index < -0.39 is 0 Å². The SMILES string of the molecule is CCCCC(CN)NC(=O)c1nc2nccc(C)n2n1. The van der Waals surface area contributed by atoms with E-state index in [0.717, 1.165) is 25.0 Å². The number of amides is 1. The molecule has 2 aromatic heterocycles. The summed E-state index contributed by atoms with van der Waals surface area (Å²) in [5.41, 5.74) is 6.54. The second-order valence-corrected chi connectivity index (χ2v) is 4.78. The van der Waals surface area contributed by atoms with Crippen LogP contribution in [0.25, 0.3) is 5.78 Å². The van der Waals surface area contributed by atoms with Gasteiger partial charge in [-0.15, -0.1) is 5.10 Å². The Bertz CT molecular complexity index is 594. The van der Waals surface area contributed by atoms with Crippen molar-refractivity contribution < 1.29 is 4.79 Å². The fraction of sp³-hybridized carbons (Fsp3) is 0.538. The van der Waals surface area contributed by atoms with Crippen molar-refractivity contribution in [2.45, 2.75) is 39.2 Å². The van der Waals surface area contributed by atoms with Crippen LogP contribution in [0.1, 0.15) is 42.5 Å². The van der Waals surface area contributed by atoms with E-state index in [2.05, 4.69) is 27.3 Å². The van der Waals surface area contributed by atoms with Gasteiger partial charge in [0.1, 0.15) is 0 Å². The normalized spacial score (nSPS) is 12.6. The first-order valence-electron chi connectivity index (χ1n) is 6.85. The monoisotopic (exact) mass is 276 g/mol. The third kappa shape index (κ3) is 3.11. The molecular formula is C13H20N6O. The van der Waals surface area contributed by atoms with Crippen molar-refractivity contribution in [2.75, 3.05) is 6.54 Å². The summed E-state index contributed by atoms with van der Waals surface area (Å²) < 4.78 is 1.55. The van der Waals surface area contributed by atoms with Gasteiger partial charge in [-0.3, -0.25) is 4.79 Å². The number of carbonyl (C=O) groups is 1. The lowest BCUT2D eigenvalue weighted by atomic mass is 10.1. The van der Waals surface area contributed by atoms with Crippen LogP contribution in [-0.4, -0.2) is 38.1 Å². The molecule has 2 rings (SSSR count). The van der Waals surface area contributed by atoms with Crippen molar-refractivity contribution in [1.82, 2.24) is 24.9 Å². The molecule has 20 heavy (non-hydrogen) atoms. The number of rotatable bonds is 6. The highest BCUT2D eigenvalue weighted by molar-refractivity contribution is 5.91. The topological polar surface area (TPSA) is 98.2 Å². The average Bonchev–Trinajstić information content (AvgIpc) is 2.89. The Hall–Kier alpha value is -2.02. The number of aromatic nitrogens is 4. The summed E-state index contributed by atoms with van der Waals surface area (Å²) in [4.78, 5) is 20.3. The summed E-state index contributed by atoms with van der Waals surface area (Å²) in [7, 11) is 0. The van der Waals surface area contributed by atoms with E-state index in [9.17, 15) is 4.79 Å². The minimum Gasteiger partial charge on any atom is -0.345 e. The van der Waals surface area contributed by atoms with E-state index >= 15 is 0 Å². The molecule has 1 atom stereocenters. The molecule has 0 aliphatic carbocycles. The maximum absolute atomic E-state index is 12.1. The van der Waals surface area contributed by atoms with Gasteiger partial charge >= 0.3 is 0 Å². The molecule has 0 spiro atoms. The summed E-state index contributed by atoms with van der Waals surface area (Å²) in [5.74, 6) is 0.246. The molecule has 0 aliphatic heterocycles. The molecule has 0 fully saturated rings. The van der Waals surface area contributed by atoms with Gasteiger partial charge in [0.05, 0.1) is 0 Å². The van der Waals surface area contributed by atoms with E-state index in [-0.39, 0.29) is 17.8 Å². The first kappa shape index (κ1) is 14.4. The van der Waals surface area contributed by atoms with E-state index in [1.54, 1.807) is 10.7 Å². The summed E-state index contributed by atoms with van der Waals surface area (Å²) >= 11 is 0. The second-order valence-electron chi connectivity index (χ2n) is 4.78. The zero-order valence-electron chi connectivity index (χ0n) is 11.8. The number of aryl methyl sites for hydroxylation is 1. The molecule has 3 N–H and O–H groups in total. The molecule has 2 aromatic rings. The predicted octanol–water partition coefficient (Wildman–Crippen LogP) is 0.680. The van der Waals surface area contributed by atoms with Crippen LogP contribution in [0.5, 0.6) is 0 Å². The summed E-state index contributed by atoms with van der Waals surface area (Å²) in [5, 5.41) is 7.04. The molecule has 0 saturated heterocycles. The second kappa shape index (κ2) is 6.42. The molecular weight excluding hydrogens is 256 g/mol. The van der Waals surface area contributed by atoms with Gasteiger partial charge in [0.2, 0.25) is 5.82 Å². The van der Waals surface area contributed by atoms with Crippen LogP contribution >= 0.6 is 0 Å². The fourth-order valence-corrected chi connectivity index (χ4v) is 1.95. The molecule has 108 valence electrons. The minimum absolute atomic E-state index is 0.0388. The summed E-state index contributed by atoms with van der Waals surface area (Å²) in [6, 6.07) is 1.77. The lowest BCUT2D eigenvalue weighted by Crippen LogP contribution is -2.40. The third-order valence-corrected chi connectivity index (χ3v) is 3.16. The highest BCUT2D eigenvalue weighted by atomic mass is 16.2. The third-order valence-electron chi connectivity index (χ3n) is 3.16. The lowest BCUT2D eigenvalue weighted by Gasteiger charge is -2.14.